The third-order valence-electron chi connectivity index (χ3n) is 3.42. The van der Waals surface area contributed by atoms with Crippen LogP contribution in [0, 0.1) is 5.92 Å². The molecule has 0 bridgehead atoms. The van der Waals surface area contributed by atoms with Gasteiger partial charge in [0.2, 0.25) is 11.8 Å². The second-order valence-electron chi connectivity index (χ2n) is 5.90. The van der Waals surface area contributed by atoms with E-state index < -0.39 is 0 Å². The predicted octanol–water partition coefficient (Wildman–Crippen LogP) is 3.95. The maximum atomic E-state index is 10.9. The highest BCUT2D eigenvalue weighted by Gasteiger charge is 2.18. The molecular formula is C18H38N2O2. The summed E-state index contributed by atoms with van der Waals surface area (Å²) in [7, 11) is 3.74. The molecule has 2 heterocycles. The molecule has 1 atom stereocenters. The predicted molar refractivity (Wildman–Crippen MR) is 94.8 cm³/mol. The number of hydrogen-bond acceptors (Lipinski definition) is 2. The van der Waals surface area contributed by atoms with Gasteiger partial charge in [-0.1, -0.05) is 41.0 Å². The second kappa shape index (κ2) is 14.9. The molecule has 0 aliphatic carbocycles. The van der Waals surface area contributed by atoms with Crippen LogP contribution in [0.1, 0.15) is 73.1 Å². The molecule has 2 aliphatic heterocycles. The molecule has 132 valence electrons. The number of rotatable bonds is 0. The van der Waals surface area contributed by atoms with Crippen LogP contribution in [0.5, 0.6) is 0 Å². The molecule has 22 heavy (non-hydrogen) atoms. The smallest absolute Gasteiger partial charge is 0.222 e. The molecular weight excluding hydrogens is 276 g/mol. The quantitative estimate of drug-likeness (QED) is 0.679. The van der Waals surface area contributed by atoms with Crippen LogP contribution in [-0.4, -0.2) is 48.8 Å². The van der Waals surface area contributed by atoms with E-state index in [2.05, 4.69) is 20.8 Å². The van der Waals surface area contributed by atoms with Crippen LogP contribution in [0.15, 0.2) is 0 Å². The van der Waals surface area contributed by atoms with E-state index in [1.807, 2.05) is 32.8 Å². The molecule has 0 radical (unpaired) electrons. The minimum Gasteiger partial charge on any atom is -0.346 e. The SMILES string of the molecule is CC.CC1CCC(=O)N(C)C1.CCC.CN1CCCCC1=O. The van der Waals surface area contributed by atoms with E-state index in [0.717, 1.165) is 38.8 Å². The van der Waals surface area contributed by atoms with E-state index in [4.69, 9.17) is 0 Å². The molecule has 0 N–H and O–H groups in total. The first-order valence-electron chi connectivity index (χ1n) is 8.90. The van der Waals surface area contributed by atoms with Gasteiger partial charge in [-0.25, -0.2) is 0 Å². The van der Waals surface area contributed by atoms with Crippen LogP contribution in [0.2, 0.25) is 0 Å². The van der Waals surface area contributed by atoms with Crippen molar-refractivity contribution in [2.24, 2.45) is 5.92 Å². The van der Waals surface area contributed by atoms with Crippen LogP contribution in [0.4, 0.5) is 0 Å². The maximum absolute atomic E-state index is 10.9. The van der Waals surface area contributed by atoms with Crippen molar-refractivity contribution in [1.82, 2.24) is 9.80 Å². The van der Waals surface area contributed by atoms with E-state index in [1.165, 1.54) is 12.8 Å². The van der Waals surface area contributed by atoms with Gasteiger partial charge in [0.05, 0.1) is 0 Å². The molecule has 2 rings (SSSR count). The van der Waals surface area contributed by atoms with Crippen LogP contribution < -0.4 is 0 Å². The van der Waals surface area contributed by atoms with Gasteiger partial charge in [0.15, 0.2) is 0 Å². The summed E-state index contributed by atoms with van der Waals surface area (Å²) in [4.78, 5) is 25.2. The second-order valence-corrected chi connectivity index (χ2v) is 5.90. The molecule has 2 amide bonds. The third kappa shape index (κ3) is 11.6. The van der Waals surface area contributed by atoms with Crippen molar-refractivity contribution >= 4 is 11.8 Å². The number of nitrogens with zero attached hydrogens (tertiary/aromatic N) is 2. The molecule has 0 aromatic heterocycles. The van der Waals surface area contributed by atoms with Crippen molar-refractivity contribution in [2.45, 2.75) is 73.1 Å². The zero-order valence-electron chi connectivity index (χ0n) is 15.9. The summed E-state index contributed by atoms with van der Waals surface area (Å²) in [6.45, 7) is 12.3. The summed E-state index contributed by atoms with van der Waals surface area (Å²) >= 11 is 0. The topological polar surface area (TPSA) is 40.6 Å². The van der Waals surface area contributed by atoms with Crippen LogP contribution in [-0.2, 0) is 9.59 Å². The first-order chi connectivity index (χ1) is 10.4. The Hall–Kier alpha value is -1.06. The Balaban J connectivity index is 0. The lowest BCUT2D eigenvalue weighted by molar-refractivity contribution is -0.133. The minimum atomic E-state index is 0.299. The Labute approximate surface area is 138 Å². The highest BCUT2D eigenvalue weighted by molar-refractivity contribution is 5.76. The van der Waals surface area contributed by atoms with Crippen molar-refractivity contribution in [1.29, 1.82) is 0 Å². The number of likely N-dealkylation sites (tertiary alicyclic amines) is 2. The van der Waals surface area contributed by atoms with Gasteiger partial charge in [-0.2, -0.15) is 0 Å². The Kier molecular flexibility index (Phi) is 15.7. The van der Waals surface area contributed by atoms with E-state index in [9.17, 15) is 9.59 Å². The normalized spacial score (nSPS) is 20.8. The molecule has 2 saturated heterocycles. The van der Waals surface area contributed by atoms with Crippen molar-refractivity contribution in [3.63, 3.8) is 0 Å². The molecule has 0 spiro atoms. The van der Waals surface area contributed by atoms with Crippen LogP contribution in [0.25, 0.3) is 0 Å². The molecule has 0 aromatic rings. The Morgan fingerprint density at radius 2 is 1.45 bits per heavy atom. The molecule has 1 unspecified atom stereocenters. The fraction of sp³-hybridized carbons (Fsp3) is 0.889. The molecule has 4 heteroatoms. The van der Waals surface area contributed by atoms with Gasteiger partial charge in [-0.05, 0) is 25.2 Å². The van der Waals surface area contributed by atoms with E-state index in [0.29, 0.717) is 17.7 Å². The molecule has 0 saturated carbocycles. The Morgan fingerprint density at radius 3 is 1.77 bits per heavy atom. The molecule has 4 nitrogen and oxygen atoms in total. The van der Waals surface area contributed by atoms with Gasteiger partial charge in [-0.3, -0.25) is 9.59 Å². The summed E-state index contributed by atoms with van der Waals surface area (Å²) in [6, 6.07) is 0. The number of carbonyl (C=O) groups is 2. The number of amides is 2. The first kappa shape index (κ1) is 23.2. The summed E-state index contributed by atoms with van der Waals surface area (Å²) < 4.78 is 0. The van der Waals surface area contributed by atoms with Crippen molar-refractivity contribution in [2.75, 3.05) is 27.2 Å². The largest absolute Gasteiger partial charge is 0.346 e. The van der Waals surface area contributed by atoms with Crippen molar-refractivity contribution in [3.8, 4) is 0 Å². The fourth-order valence-electron chi connectivity index (χ4n) is 2.16. The standard InChI is InChI=1S/C7H13NO.C6H11NO.C3H8.C2H6/c1-6-3-4-7(9)8(2)5-6;1-7-5-3-2-4-6(7)8;1-3-2;1-2/h6H,3-5H2,1-2H3;2-5H2,1H3;3H2,1-2H3;1-2H3. The zero-order valence-corrected chi connectivity index (χ0v) is 15.9. The van der Waals surface area contributed by atoms with Gasteiger partial charge in [0.25, 0.3) is 0 Å². The Morgan fingerprint density at radius 1 is 0.955 bits per heavy atom. The lowest BCUT2D eigenvalue weighted by Crippen LogP contribution is -2.35. The zero-order chi connectivity index (χ0) is 17.5. The monoisotopic (exact) mass is 314 g/mol. The number of carbonyl (C=O) groups excluding carboxylic acids is 2. The average molecular weight is 315 g/mol. The average Bonchev–Trinajstić information content (AvgIpc) is 2.50. The Bertz CT molecular complexity index is 293. The van der Waals surface area contributed by atoms with Gasteiger partial charge >= 0.3 is 0 Å². The van der Waals surface area contributed by atoms with E-state index in [1.54, 1.807) is 4.90 Å². The van der Waals surface area contributed by atoms with Gasteiger partial charge in [-0.15, -0.1) is 0 Å². The lowest BCUT2D eigenvalue weighted by Gasteiger charge is -2.26. The maximum Gasteiger partial charge on any atom is 0.222 e. The summed E-state index contributed by atoms with van der Waals surface area (Å²) in [5.74, 6) is 1.30. The van der Waals surface area contributed by atoms with E-state index >= 15 is 0 Å². The summed E-state index contributed by atoms with van der Waals surface area (Å²) in [5, 5.41) is 0. The first-order valence-corrected chi connectivity index (χ1v) is 8.90. The van der Waals surface area contributed by atoms with Crippen LogP contribution in [0.3, 0.4) is 0 Å². The van der Waals surface area contributed by atoms with Gasteiger partial charge in [0, 0.05) is 40.0 Å². The van der Waals surface area contributed by atoms with E-state index in [-0.39, 0.29) is 0 Å². The summed E-state index contributed by atoms with van der Waals surface area (Å²) in [6.07, 6.45) is 6.10. The van der Waals surface area contributed by atoms with Crippen LogP contribution >= 0.6 is 0 Å². The highest BCUT2D eigenvalue weighted by Crippen LogP contribution is 2.14. The molecule has 0 aromatic carbocycles. The lowest BCUT2D eigenvalue weighted by atomic mass is 10.0. The molecule has 2 fully saturated rings. The van der Waals surface area contributed by atoms with Gasteiger partial charge < -0.3 is 9.80 Å². The highest BCUT2D eigenvalue weighted by atomic mass is 16.2. The minimum absolute atomic E-state index is 0.299. The third-order valence-corrected chi connectivity index (χ3v) is 3.42. The number of piperidine rings is 2. The van der Waals surface area contributed by atoms with Gasteiger partial charge in [0.1, 0.15) is 0 Å². The fourth-order valence-corrected chi connectivity index (χ4v) is 2.16. The summed E-state index contributed by atoms with van der Waals surface area (Å²) in [5.41, 5.74) is 0. The number of hydrogen-bond donors (Lipinski definition) is 0. The van der Waals surface area contributed by atoms with Crippen molar-refractivity contribution < 1.29 is 9.59 Å². The van der Waals surface area contributed by atoms with Crippen molar-refractivity contribution in [3.05, 3.63) is 0 Å². The molecule has 2 aliphatic rings.